The molecule has 0 saturated carbocycles. The van der Waals surface area contributed by atoms with Crippen molar-refractivity contribution < 1.29 is 9.90 Å². The predicted octanol–water partition coefficient (Wildman–Crippen LogP) is 2.94. The van der Waals surface area contributed by atoms with Crippen molar-refractivity contribution in [1.29, 1.82) is 0 Å². The minimum atomic E-state index is -0.773. The SMILES string of the molecule is [CH2]CCCCC(C)(C)C[AsH]C(=O)O. The Hall–Kier alpha value is 0.0284. The van der Waals surface area contributed by atoms with Gasteiger partial charge >= 0.3 is 87.5 Å². The Kier molecular flexibility index (Phi) is 6.49. The van der Waals surface area contributed by atoms with Crippen LogP contribution in [0, 0.1) is 12.3 Å². The Morgan fingerprint density at radius 1 is 1.46 bits per heavy atom. The topological polar surface area (TPSA) is 37.3 Å². The van der Waals surface area contributed by atoms with E-state index in [1.54, 1.807) is 0 Å². The second-order valence-corrected chi connectivity index (χ2v) is 6.51. The molecule has 1 N–H and O–H groups in total. The van der Waals surface area contributed by atoms with Crippen LogP contribution in [0.5, 0.6) is 0 Å². The van der Waals surface area contributed by atoms with Crippen LogP contribution >= 0.6 is 0 Å². The fraction of sp³-hybridized carbons (Fsp3) is 0.800. The van der Waals surface area contributed by atoms with Crippen molar-refractivity contribution in [2.75, 3.05) is 0 Å². The van der Waals surface area contributed by atoms with E-state index in [1.807, 2.05) is 0 Å². The Bertz CT molecular complexity index is 155. The maximum atomic E-state index is 10.4. The van der Waals surface area contributed by atoms with Crippen molar-refractivity contribution in [1.82, 2.24) is 0 Å². The molecule has 0 aromatic heterocycles. The van der Waals surface area contributed by atoms with E-state index in [0.29, 0.717) is 0 Å². The zero-order chi connectivity index (χ0) is 10.3. The van der Waals surface area contributed by atoms with Gasteiger partial charge in [0.15, 0.2) is 0 Å². The molecule has 0 rings (SSSR count). The number of carboxylic acid groups (broad SMARTS) is 1. The molecule has 0 heterocycles. The zero-order valence-corrected chi connectivity index (χ0v) is 10.7. The normalized spacial score (nSPS) is 12.5. The summed E-state index contributed by atoms with van der Waals surface area (Å²) in [6, 6.07) is 0. The number of rotatable bonds is 7. The molecule has 1 unspecified atom stereocenters. The van der Waals surface area contributed by atoms with E-state index in [4.69, 9.17) is 5.11 Å². The molecule has 13 heavy (non-hydrogen) atoms. The van der Waals surface area contributed by atoms with E-state index in [2.05, 4.69) is 20.8 Å². The van der Waals surface area contributed by atoms with Gasteiger partial charge in [-0.15, -0.1) is 0 Å². The Morgan fingerprint density at radius 3 is 2.54 bits per heavy atom. The second-order valence-electron chi connectivity index (χ2n) is 4.13. The average molecular weight is 247 g/mol. The van der Waals surface area contributed by atoms with Crippen LogP contribution < -0.4 is 0 Å². The third kappa shape index (κ3) is 8.36. The first kappa shape index (κ1) is 13.0. The van der Waals surface area contributed by atoms with Crippen LogP contribution in [-0.2, 0) is 0 Å². The van der Waals surface area contributed by atoms with Gasteiger partial charge in [-0.25, -0.2) is 0 Å². The molecule has 0 bridgehead atoms. The number of unbranched alkanes of at least 4 members (excludes halogenated alkanes) is 2. The summed E-state index contributed by atoms with van der Waals surface area (Å²) in [6.45, 7) is 8.13. The summed E-state index contributed by atoms with van der Waals surface area (Å²) in [7, 11) is 0. The summed E-state index contributed by atoms with van der Waals surface area (Å²) in [5, 5.41) is 9.50. The van der Waals surface area contributed by atoms with Gasteiger partial charge in [-0.1, -0.05) is 0 Å². The average Bonchev–Trinajstić information content (AvgIpc) is 2.02. The van der Waals surface area contributed by atoms with Gasteiger partial charge < -0.3 is 0 Å². The van der Waals surface area contributed by atoms with Crippen LogP contribution in [0.1, 0.15) is 39.5 Å². The van der Waals surface area contributed by atoms with Crippen molar-refractivity contribution in [3.8, 4) is 0 Å². The molecule has 0 aliphatic heterocycles. The third-order valence-corrected chi connectivity index (χ3v) is 5.09. The van der Waals surface area contributed by atoms with Crippen LogP contribution in [0.25, 0.3) is 0 Å². The van der Waals surface area contributed by atoms with E-state index in [9.17, 15) is 4.79 Å². The quantitative estimate of drug-likeness (QED) is 0.554. The molecule has 77 valence electrons. The van der Waals surface area contributed by atoms with Gasteiger partial charge in [0.25, 0.3) is 0 Å². The molecule has 0 aromatic rings. The molecular formula is C10H20AsO2. The first-order chi connectivity index (χ1) is 5.98. The second kappa shape index (κ2) is 6.48. The fourth-order valence-corrected chi connectivity index (χ4v) is 2.88. The first-order valence-electron chi connectivity index (χ1n) is 4.74. The minimum absolute atomic E-state index is 0.230. The number of carbonyl (C=O) groups is 1. The maximum absolute atomic E-state index is 10.4. The summed E-state index contributed by atoms with van der Waals surface area (Å²) in [5.41, 5.74) is 0.230. The van der Waals surface area contributed by atoms with Crippen molar-refractivity contribution in [2.24, 2.45) is 5.41 Å². The van der Waals surface area contributed by atoms with Crippen molar-refractivity contribution >= 4 is 20.5 Å². The van der Waals surface area contributed by atoms with Gasteiger partial charge in [0.1, 0.15) is 0 Å². The van der Waals surface area contributed by atoms with E-state index < -0.39 is 20.5 Å². The van der Waals surface area contributed by atoms with E-state index in [0.717, 1.165) is 24.5 Å². The number of hydrogen-bond acceptors (Lipinski definition) is 1. The Morgan fingerprint density at radius 2 is 2.08 bits per heavy atom. The van der Waals surface area contributed by atoms with Gasteiger partial charge in [0.05, 0.1) is 0 Å². The van der Waals surface area contributed by atoms with Crippen molar-refractivity contribution in [3.05, 3.63) is 6.92 Å². The van der Waals surface area contributed by atoms with Gasteiger partial charge in [0, 0.05) is 0 Å². The Labute approximate surface area is 87.8 Å². The van der Waals surface area contributed by atoms with Gasteiger partial charge in [0.2, 0.25) is 0 Å². The van der Waals surface area contributed by atoms with Gasteiger partial charge in [-0.3, -0.25) is 0 Å². The summed E-state index contributed by atoms with van der Waals surface area (Å²) < 4.78 is -0.565. The molecule has 2 nitrogen and oxygen atoms in total. The first-order valence-corrected chi connectivity index (χ1v) is 7.27. The molecule has 0 saturated heterocycles. The molecule has 3 heteroatoms. The van der Waals surface area contributed by atoms with E-state index in [-0.39, 0.29) is 5.41 Å². The van der Waals surface area contributed by atoms with Crippen LogP contribution in [0.15, 0.2) is 0 Å². The van der Waals surface area contributed by atoms with E-state index >= 15 is 0 Å². The Balaban J connectivity index is 3.59. The number of hydrogen-bond donors (Lipinski definition) is 1. The fourth-order valence-electron chi connectivity index (χ4n) is 1.18. The molecule has 0 aliphatic rings. The van der Waals surface area contributed by atoms with Crippen molar-refractivity contribution in [2.45, 2.75) is 44.7 Å². The van der Waals surface area contributed by atoms with Gasteiger partial charge in [-0.2, -0.15) is 0 Å². The zero-order valence-electron chi connectivity index (χ0n) is 8.60. The molecule has 0 aromatic carbocycles. The summed E-state index contributed by atoms with van der Waals surface area (Å²) in [4.78, 5) is 10.4. The molecule has 0 fully saturated rings. The third-order valence-electron chi connectivity index (χ3n) is 2.07. The molecule has 0 aliphatic carbocycles. The monoisotopic (exact) mass is 247 g/mol. The van der Waals surface area contributed by atoms with Crippen LogP contribution in [0.2, 0.25) is 5.21 Å². The summed E-state index contributed by atoms with van der Waals surface area (Å²) in [5.74, 6) is 0. The standard InChI is InChI=1S/C10H20AsO2/c1-4-5-6-7-10(2,3)8-11-9(12)13/h11H,1,4-8H2,2-3H3,(H,12,13). The predicted molar refractivity (Wildman–Crippen MR) is 57.6 cm³/mol. The molecular weight excluding hydrogens is 227 g/mol. The van der Waals surface area contributed by atoms with Crippen LogP contribution in [0.4, 0.5) is 4.79 Å². The summed E-state index contributed by atoms with van der Waals surface area (Å²) >= 11 is -0.773. The molecule has 1 radical (unpaired) electrons. The van der Waals surface area contributed by atoms with Crippen LogP contribution in [-0.4, -0.2) is 25.6 Å². The molecule has 1 atom stereocenters. The van der Waals surface area contributed by atoms with Gasteiger partial charge in [-0.05, 0) is 0 Å². The summed E-state index contributed by atoms with van der Waals surface area (Å²) in [6.07, 6.45) is 4.48. The van der Waals surface area contributed by atoms with E-state index in [1.165, 1.54) is 6.42 Å². The van der Waals surface area contributed by atoms with Crippen LogP contribution in [0.3, 0.4) is 0 Å². The molecule has 0 spiro atoms. The van der Waals surface area contributed by atoms with Crippen molar-refractivity contribution in [3.63, 3.8) is 0 Å². The molecule has 0 amide bonds.